The number of benzene rings is 2. The maximum Gasteiger partial charge on any atom is 1.00 e. The molecule has 2 aromatic rings. The summed E-state index contributed by atoms with van der Waals surface area (Å²) >= 11 is 3.56. The molecule has 2 aromatic carbocycles. The Bertz CT molecular complexity index is 426. The number of rotatable bonds is 3. The second-order valence-corrected chi connectivity index (χ2v) is 4.33. The Morgan fingerprint density at radius 1 is 0.938 bits per heavy atom. The van der Waals surface area contributed by atoms with Gasteiger partial charge in [-0.15, -0.1) is 0 Å². The summed E-state index contributed by atoms with van der Waals surface area (Å²) in [7, 11) is 0. The Morgan fingerprint density at radius 3 is 2.38 bits per heavy atom. The third kappa shape index (κ3) is 3.83. The van der Waals surface area contributed by atoms with Gasteiger partial charge >= 0.3 is 18.9 Å². The van der Waals surface area contributed by atoms with Gasteiger partial charge in [-0.3, -0.25) is 0 Å². The fraction of sp³-hybridized carbons (Fsp3) is 0.143. The van der Waals surface area contributed by atoms with Gasteiger partial charge in [-0.05, 0) is 24.5 Å². The first-order chi connectivity index (χ1) is 7.36. The molecule has 0 N–H and O–H groups in total. The Morgan fingerprint density at radius 2 is 1.69 bits per heavy atom. The molecule has 0 unspecified atom stereocenters. The Kier molecular flexibility index (Phi) is 5.91. The van der Waals surface area contributed by atoms with Crippen LogP contribution in [0, 0.1) is 6.07 Å². The largest absolute Gasteiger partial charge is 1.00 e. The van der Waals surface area contributed by atoms with E-state index in [1.807, 2.05) is 18.2 Å². The van der Waals surface area contributed by atoms with Crippen molar-refractivity contribution in [2.75, 3.05) is 0 Å². The van der Waals surface area contributed by atoms with Crippen molar-refractivity contribution in [2.45, 2.75) is 12.8 Å². The summed E-state index contributed by atoms with van der Waals surface area (Å²) in [4.78, 5) is 0. The number of halogens is 1. The predicted octanol–water partition coefficient (Wildman–Crippen LogP) is 1.04. The van der Waals surface area contributed by atoms with E-state index in [9.17, 15) is 0 Å². The number of hydrogen-bond acceptors (Lipinski definition) is 0. The minimum atomic E-state index is 0. The Hall–Kier alpha value is -0.483. The zero-order chi connectivity index (χ0) is 10.5. The van der Waals surface area contributed by atoms with E-state index in [2.05, 4.69) is 52.3 Å². The van der Waals surface area contributed by atoms with Gasteiger partial charge in [-0.1, -0.05) is 34.1 Å². The minimum absolute atomic E-state index is 0. The topological polar surface area (TPSA) is 0 Å². The van der Waals surface area contributed by atoms with Crippen LogP contribution in [0.2, 0.25) is 0 Å². The molecule has 0 aliphatic carbocycles. The van der Waals surface area contributed by atoms with Crippen molar-refractivity contribution in [2.24, 2.45) is 0 Å². The third-order valence-electron chi connectivity index (χ3n) is 2.39. The van der Waals surface area contributed by atoms with Crippen LogP contribution in [-0.4, -0.2) is 0 Å². The molecule has 0 fully saturated rings. The molecule has 0 aliphatic rings. The second kappa shape index (κ2) is 6.96. The average Bonchev–Trinajstić information content (AvgIpc) is 2.29. The van der Waals surface area contributed by atoms with E-state index in [4.69, 9.17) is 0 Å². The minimum Gasteiger partial charge on any atom is -0.180 e. The summed E-state index contributed by atoms with van der Waals surface area (Å²) in [6, 6.07) is 19.8. The van der Waals surface area contributed by atoms with E-state index >= 15 is 0 Å². The fourth-order valence-corrected chi connectivity index (χ4v) is 2.04. The van der Waals surface area contributed by atoms with E-state index in [0.717, 1.165) is 12.8 Å². The van der Waals surface area contributed by atoms with Crippen molar-refractivity contribution in [1.29, 1.82) is 0 Å². The Balaban J connectivity index is 0.00000128. The molecular weight excluding hydrogens is 255 g/mol. The van der Waals surface area contributed by atoms with Crippen LogP contribution in [-0.2, 0) is 12.8 Å². The fourth-order valence-electron chi connectivity index (χ4n) is 1.56. The van der Waals surface area contributed by atoms with E-state index < -0.39 is 0 Å². The normalized spacial score (nSPS) is 9.56. The van der Waals surface area contributed by atoms with Crippen molar-refractivity contribution >= 4 is 15.9 Å². The molecule has 0 radical (unpaired) electrons. The summed E-state index contributed by atoms with van der Waals surface area (Å²) < 4.78 is 1.20. The summed E-state index contributed by atoms with van der Waals surface area (Å²) in [5.74, 6) is 0. The average molecular weight is 267 g/mol. The van der Waals surface area contributed by atoms with Gasteiger partial charge in [-0.25, -0.2) is 0 Å². The molecule has 0 amide bonds. The summed E-state index contributed by atoms with van der Waals surface area (Å²) in [6.07, 6.45) is 2.10. The van der Waals surface area contributed by atoms with Crippen LogP contribution in [0.3, 0.4) is 0 Å². The molecule has 0 aliphatic heterocycles. The first kappa shape index (κ1) is 13.6. The van der Waals surface area contributed by atoms with Gasteiger partial charge in [0.1, 0.15) is 0 Å². The van der Waals surface area contributed by atoms with Gasteiger partial charge in [-0.2, -0.15) is 35.9 Å². The SMILES string of the molecule is Brc1ccccc1CCc1[c-]cccc1.[Li+]. The molecule has 0 atom stereocenters. The van der Waals surface area contributed by atoms with Gasteiger partial charge in [0.15, 0.2) is 0 Å². The number of aryl methyl sites for hydroxylation is 2. The molecular formula is C14H12BrLi. The monoisotopic (exact) mass is 266 g/mol. The van der Waals surface area contributed by atoms with Gasteiger partial charge in [0, 0.05) is 4.47 Å². The van der Waals surface area contributed by atoms with Crippen LogP contribution in [0.25, 0.3) is 0 Å². The van der Waals surface area contributed by atoms with E-state index in [1.165, 1.54) is 15.6 Å². The van der Waals surface area contributed by atoms with Gasteiger partial charge in [0.25, 0.3) is 0 Å². The first-order valence-electron chi connectivity index (χ1n) is 5.05. The quantitative estimate of drug-likeness (QED) is 0.576. The molecule has 0 saturated heterocycles. The molecule has 2 heteroatoms. The smallest absolute Gasteiger partial charge is 0.180 e. The second-order valence-electron chi connectivity index (χ2n) is 3.48. The zero-order valence-corrected chi connectivity index (χ0v) is 11.0. The maximum absolute atomic E-state index is 3.56. The molecule has 2 rings (SSSR count). The number of hydrogen-bond donors (Lipinski definition) is 0. The van der Waals surface area contributed by atoms with E-state index in [0.29, 0.717) is 0 Å². The summed E-state index contributed by atoms with van der Waals surface area (Å²) in [6.45, 7) is 0. The summed E-state index contributed by atoms with van der Waals surface area (Å²) in [5.41, 5.74) is 2.63. The molecule has 0 bridgehead atoms. The molecule has 0 spiro atoms. The molecule has 0 heterocycles. The van der Waals surface area contributed by atoms with Crippen LogP contribution in [0.4, 0.5) is 0 Å². The maximum atomic E-state index is 3.56. The molecule has 0 nitrogen and oxygen atoms in total. The standard InChI is InChI=1S/C14H12Br.Li/c15-14-9-5-4-8-13(14)11-10-12-6-2-1-3-7-12;/h1-6,8-9H,10-11H2;/q-1;+1. The summed E-state index contributed by atoms with van der Waals surface area (Å²) in [5, 5.41) is 0. The van der Waals surface area contributed by atoms with Crippen molar-refractivity contribution < 1.29 is 18.9 Å². The molecule has 0 aromatic heterocycles. The molecule has 76 valence electrons. The van der Waals surface area contributed by atoms with Crippen LogP contribution in [0.1, 0.15) is 11.1 Å². The van der Waals surface area contributed by atoms with Gasteiger partial charge < -0.3 is 0 Å². The third-order valence-corrected chi connectivity index (χ3v) is 3.17. The first-order valence-corrected chi connectivity index (χ1v) is 5.84. The van der Waals surface area contributed by atoms with Gasteiger partial charge in [0.2, 0.25) is 0 Å². The molecule has 16 heavy (non-hydrogen) atoms. The van der Waals surface area contributed by atoms with Crippen LogP contribution >= 0.6 is 15.9 Å². The zero-order valence-electron chi connectivity index (χ0n) is 9.41. The Labute approximate surface area is 117 Å². The van der Waals surface area contributed by atoms with Crippen LogP contribution in [0.5, 0.6) is 0 Å². The van der Waals surface area contributed by atoms with Crippen LogP contribution in [0.15, 0.2) is 53.0 Å². The van der Waals surface area contributed by atoms with Crippen LogP contribution < -0.4 is 18.9 Å². The predicted molar refractivity (Wildman–Crippen MR) is 66.8 cm³/mol. The molecule has 0 saturated carbocycles. The van der Waals surface area contributed by atoms with E-state index in [-0.39, 0.29) is 18.9 Å². The van der Waals surface area contributed by atoms with Crippen molar-refractivity contribution in [3.05, 3.63) is 70.2 Å². The van der Waals surface area contributed by atoms with Crippen molar-refractivity contribution in [3.63, 3.8) is 0 Å². The van der Waals surface area contributed by atoms with Crippen molar-refractivity contribution in [1.82, 2.24) is 0 Å². The van der Waals surface area contributed by atoms with E-state index in [1.54, 1.807) is 0 Å². The van der Waals surface area contributed by atoms with Gasteiger partial charge in [0.05, 0.1) is 0 Å². The van der Waals surface area contributed by atoms with Crippen molar-refractivity contribution in [3.8, 4) is 0 Å².